The number of aryl methyl sites for hydroxylation is 2. The molecule has 2 atom stereocenters. The molecule has 0 radical (unpaired) electrons. The molecule has 8 nitrogen and oxygen atoms in total. The van der Waals surface area contributed by atoms with E-state index in [4.69, 9.17) is 4.74 Å². The third kappa shape index (κ3) is 2.34. The molecule has 0 saturated carbocycles. The molecule has 0 spiro atoms. The van der Waals surface area contributed by atoms with Crippen LogP contribution in [0.3, 0.4) is 0 Å². The van der Waals surface area contributed by atoms with Crippen molar-refractivity contribution in [3.63, 3.8) is 0 Å². The van der Waals surface area contributed by atoms with Crippen molar-refractivity contribution in [1.29, 1.82) is 0 Å². The second kappa shape index (κ2) is 5.55. The molecule has 0 aromatic carbocycles. The van der Waals surface area contributed by atoms with E-state index in [-0.39, 0.29) is 29.0 Å². The van der Waals surface area contributed by atoms with E-state index in [9.17, 15) is 9.59 Å². The molecule has 1 fully saturated rings. The number of fused-ring (bicyclic) bond motifs is 3. The van der Waals surface area contributed by atoms with Crippen LogP contribution in [0.4, 0.5) is 0 Å². The van der Waals surface area contributed by atoms with E-state index in [0.717, 1.165) is 17.8 Å². The van der Waals surface area contributed by atoms with Crippen LogP contribution in [0.5, 0.6) is 0 Å². The largest absolute Gasteiger partial charge is 0.370 e. The van der Waals surface area contributed by atoms with Gasteiger partial charge in [-0.3, -0.25) is 9.59 Å². The van der Waals surface area contributed by atoms with Crippen molar-refractivity contribution in [2.75, 3.05) is 13.1 Å². The summed E-state index contributed by atoms with van der Waals surface area (Å²) in [6.45, 7) is 5.09. The lowest BCUT2D eigenvalue weighted by Gasteiger charge is -2.41. The molecule has 1 saturated heterocycles. The van der Waals surface area contributed by atoms with Crippen molar-refractivity contribution >= 4 is 5.91 Å². The number of aromatic amines is 1. The third-order valence-corrected chi connectivity index (χ3v) is 4.78. The van der Waals surface area contributed by atoms with Gasteiger partial charge in [0.15, 0.2) is 5.43 Å². The van der Waals surface area contributed by atoms with Crippen molar-refractivity contribution < 1.29 is 9.53 Å². The van der Waals surface area contributed by atoms with E-state index in [1.54, 1.807) is 24.9 Å². The summed E-state index contributed by atoms with van der Waals surface area (Å²) >= 11 is 0. The Morgan fingerprint density at radius 3 is 3.04 bits per heavy atom. The minimum Gasteiger partial charge on any atom is -0.370 e. The fourth-order valence-corrected chi connectivity index (χ4v) is 3.64. The molecule has 2 unspecified atom stereocenters. The standard InChI is InChI=1S/C16H19N5O3/c1-9-5-13(22)15(10(2)18-9)16(23)20-4-3-14-12(7-20)21-11(8-24-14)6-17-19-21/h5-6,12,14H,3-4,7-8H2,1-2H3,(H,18,22). The molecular weight excluding hydrogens is 310 g/mol. The minimum atomic E-state index is -0.239. The SMILES string of the molecule is Cc1cc(=O)c(C(=O)N2CCC3OCc4cnnn4C3C2)c(C)[nH]1. The first-order valence-corrected chi connectivity index (χ1v) is 8.05. The number of aromatic nitrogens is 4. The van der Waals surface area contributed by atoms with Crippen molar-refractivity contribution in [2.45, 2.75) is 39.0 Å². The number of nitrogens with one attached hydrogen (secondary N) is 1. The van der Waals surface area contributed by atoms with E-state index in [0.29, 0.717) is 25.4 Å². The number of H-pyrrole nitrogens is 1. The van der Waals surface area contributed by atoms with Crippen molar-refractivity contribution in [1.82, 2.24) is 24.9 Å². The number of carbonyl (C=O) groups is 1. The van der Waals surface area contributed by atoms with Gasteiger partial charge < -0.3 is 14.6 Å². The molecule has 8 heteroatoms. The zero-order chi connectivity index (χ0) is 16.8. The van der Waals surface area contributed by atoms with Crippen LogP contribution in [0, 0.1) is 13.8 Å². The molecule has 4 rings (SSSR count). The lowest BCUT2D eigenvalue weighted by atomic mass is 9.99. The summed E-state index contributed by atoms with van der Waals surface area (Å²) in [5.41, 5.74) is 2.25. The number of rotatable bonds is 1. The summed E-state index contributed by atoms with van der Waals surface area (Å²) in [5.74, 6) is -0.237. The van der Waals surface area contributed by atoms with Gasteiger partial charge in [0, 0.05) is 30.5 Å². The van der Waals surface area contributed by atoms with Gasteiger partial charge in [0.05, 0.1) is 30.6 Å². The van der Waals surface area contributed by atoms with Crippen LogP contribution in [-0.2, 0) is 11.3 Å². The Morgan fingerprint density at radius 1 is 1.42 bits per heavy atom. The Kier molecular flexibility index (Phi) is 3.49. The molecular formula is C16H19N5O3. The Bertz CT molecular complexity index is 856. The Balaban J connectivity index is 1.63. The Morgan fingerprint density at radius 2 is 2.25 bits per heavy atom. The number of carbonyl (C=O) groups excluding carboxylic acids is 1. The fourth-order valence-electron chi connectivity index (χ4n) is 3.64. The van der Waals surface area contributed by atoms with E-state index >= 15 is 0 Å². The first-order chi connectivity index (χ1) is 11.5. The number of ether oxygens (including phenoxy) is 1. The lowest BCUT2D eigenvalue weighted by Crippen LogP contribution is -2.50. The third-order valence-electron chi connectivity index (χ3n) is 4.78. The van der Waals surface area contributed by atoms with Gasteiger partial charge in [-0.05, 0) is 20.3 Å². The number of likely N-dealkylation sites (tertiary alicyclic amines) is 1. The number of hydrogen-bond acceptors (Lipinski definition) is 5. The molecule has 126 valence electrons. The number of piperidine rings is 1. The molecule has 2 aromatic rings. The molecule has 0 aliphatic carbocycles. The summed E-state index contributed by atoms with van der Waals surface area (Å²) in [6.07, 6.45) is 2.44. The van der Waals surface area contributed by atoms with Crippen LogP contribution in [0.15, 0.2) is 17.1 Å². The monoisotopic (exact) mass is 329 g/mol. The van der Waals surface area contributed by atoms with Gasteiger partial charge in [-0.1, -0.05) is 5.21 Å². The fraction of sp³-hybridized carbons (Fsp3) is 0.500. The van der Waals surface area contributed by atoms with Crippen LogP contribution in [0.2, 0.25) is 0 Å². The maximum Gasteiger partial charge on any atom is 0.259 e. The maximum atomic E-state index is 12.9. The summed E-state index contributed by atoms with van der Waals surface area (Å²) in [4.78, 5) is 29.9. The summed E-state index contributed by atoms with van der Waals surface area (Å²) in [6, 6.07) is 1.41. The zero-order valence-corrected chi connectivity index (χ0v) is 13.7. The number of amides is 1. The average Bonchev–Trinajstić information content (AvgIpc) is 3.02. The van der Waals surface area contributed by atoms with Crippen LogP contribution in [0.1, 0.15) is 39.9 Å². The van der Waals surface area contributed by atoms with Gasteiger partial charge >= 0.3 is 0 Å². The first-order valence-electron chi connectivity index (χ1n) is 8.05. The van der Waals surface area contributed by atoms with Crippen molar-refractivity contribution in [2.24, 2.45) is 0 Å². The number of pyridine rings is 1. The predicted molar refractivity (Wildman–Crippen MR) is 84.7 cm³/mol. The lowest BCUT2D eigenvalue weighted by molar-refractivity contribution is -0.0605. The first kappa shape index (κ1) is 15.1. The quantitative estimate of drug-likeness (QED) is 0.825. The summed E-state index contributed by atoms with van der Waals surface area (Å²) in [5, 5.41) is 8.07. The zero-order valence-electron chi connectivity index (χ0n) is 13.7. The van der Waals surface area contributed by atoms with Gasteiger partial charge in [0.1, 0.15) is 5.56 Å². The number of hydrogen-bond donors (Lipinski definition) is 1. The highest BCUT2D eigenvalue weighted by molar-refractivity contribution is 5.95. The van der Waals surface area contributed by atoms with Gasteiger partial charge in [0.25, 0.3) is 5.91 Å². The highest BCUT2D eigenvalue weighted by Crippen LogP contribution is 2.30. The normalized spacial score (nSPS) is 22.8. The molecule has 24 heavy (non-hydrogen) atoms. The molecule has 2 aromatic heterocycles. The number of nitrogens with zero attached hydrogens (tertiary/aromatic N) is 4. The van der Waals surface area contributed by atoms with Crippen LogP contribution >= 0.6 is 0 Å². The van der Waals surface area contributed by atoms with Crippen LogP contribution in [-0.4, -0.2) is 50.0 Å². The van der Waals surface area contributed by atoms with E-state index in [1.165, 1.54) is 6.07 Å². The van der Waals surface area contributed by atoms with Gasteiger partial charge in [-0.2, -0.15) is 0 Å². The highest BCUT2D eigenvalue weighted by Gasteiger charge is 2.38. The van der Waals surface area contributed by atoms with Crippen LogP contribution < -0.4 is 5.43 Å². The molecule has 4 heterocycles. The molecule has 0 bridgehead atoms. The topological polar surface area (TPSA) is 93.1 Å². The second-order valence-electron chi connectivity index (χ2n) is 6.44. The van der Waals surface area contributed by atoms with E-state index in [2.05, 4.69) is 15.3 Å². The molecule has 2 aliphatic rings. The highest BCUT2D eigenvalue weighted by atomic mass is 16.5. The summed E-state index contributed by atoms with van der Waals surface area (Å²) in [7, 11) is 0. The Labute approximate surface area is 138 Å². The minimum absolute atomic E-state index is 0.0284. The molecule has 1 N–H and O–H groups in total. The van der Waals surface area contributed by atoms with Crippen LogP contribution in [0.25, 0.3) is 0 Å². The average molecular weight is 329 g/mol. The summed E-state index contributed by atoms with van der Waals surface area (Å²) < 4.78 is 7.70. The van der Waals surface area contributed by atoms with Crippen molar-refractivity contribution in [3.05, 3.63) is 45.1 Å². The maximum absolute atomic E-state index is 12.9. The van der Waals surface area contributed by atoms with E-state index < -0.39 is 0 Å². The van der Waals surface area contributed by atoms with Gasteiger partial charge in [0.2, 0.25) is 0 Å². The molecule has 2 aliphatic heterocycles. The smallest absolute Gasteiger partial charge is 0.259 e. The predicted octanol–water partition coefficient (Wildman–Crippen LogP) is 0.569. The van der Waals surface area contributed by atoms with Gasteiger partial charge in [-0.25, -0.2) is 4.68 Å². The van der Waals surface area contributed by atoms with Gasteiger partial charge in [-0.15, -0.1) is 5.10 Å². The van der Waals surface area contributed by atoms with E-state index in [1.807, 2.05) is 4.68 Å². The molecule has 1 amide bonds. The Hall–Kier alpha value is -2.48. The van der Waals surface area contributed by atoms with Crippen molar-refractivity contribution in [3.8, 4) is 0 Å². The second-order valence-corrected chi connectivity index (χ2v) is 6.44.